The van der Waals surface area contributed by atoms with E-state index < -0.39 is 0 Å². The minimum atomic E-state index is 0.735. The van der Waals surface area contributed by atoms with E-state index in [1.165, 1.54) is 0 Å². The van der Waals surface area contributed by atoms with Crippen LogP contribution in [0.2, 0.25) is 0 Å². The summed E-state index contributed by atoms with van der Waals surface area (Å²) in [4.78, 5) is 4.64. The SMILES string of the molecule is COc1ccc(Cc2nc3ccc(N)cc3s2)cc1OC. The van der Waals surface area contributed by atoms with Crippen molar-refractivity contribution in [3.63, 3.8) is 0 Å². The lowest BCUT2D eigenvalue weighted by molar-refractivity contribution is 0.354. The topological polar surface area (TPSA) is 57.4 Å². The number of ether oxygens (including phenoxy) is 2. The third-order valence-corrected chi connectivity index (χ3v) is 4.28. The number of hydrogen-bond acceptors (Lipinski definition) is 5. The van der Waals surface area contributed by atoms with Crippen molar-refractivity contribution in [3.05, 3.63) is 47.0 Å². The highest BCUT2D eigenvalue weighted by Crippen LogP contribution is 2.30. The van der Waals surface area contributed by atoms with Crippen LogP contribution in [0.5, 0.6) is 11.5 Å². The Morgan fingerprint density at radius 3 is 2.62 bits per heavy atom. The summed E-state index contributed by atoms with van der Waals surface area (Å²) in [5.74, 6) is 1.47. The molecule has 2 N–H and O–H groups in total. The highest BCUT2D eigenvalue weighted by Gasteiger charge is 2.08. The predicted octanol–water partition coefficient (Wildman–Crippen LogP) is 3.49. The van der Waals surface area contributed by atoms with Gasteiger partial charge in [0.05, 0.1) is 29.4 Å². The van der Waals surface area contributed by atoms with Crippen LogP contribution in [0.1, 0.15) is 10.6 Å². The van der Waals surface area contributed by atoms with Gasteiger partial charge in [0, 0.05) is 12.1 Å². The molecule has 1 heterocycles. The van der Waals surface area contributed by atoms with Gasteiger partial charge in [0.1, 0.15) is 0 Å². The smallest absolute Gasteiger partial charge is 0.160 e. The van der Waals surface area contributed by atoms with Gasteiger partial charge in [0.2, 0.25) is 0 Å². The number of hydrogen-bond donors (Lipinski definition) is 1. The van der Waals surface area contributed by atoms with Gasteiger partial charge in [-0.25, -0.2) is 4.98 Å². The summed E-state index contributed by atoms with van der Waals surface area (Å²) in [5.41, 5.74) is 8.70. The van der Waals surface area contributed by atoms with E-state index in [4.69, 9.17) is 15.2 Å². The maximum absolute atomic E-state index is 5.80. The second-order valence-corrected chi connectivity index (χ2v) is 5.82. The third-order valence-electron chi connectivity index (χ3n) is 3.26. The zero-order valence-electron chi connectivity index (χ0n) is 11.9. The maximum Gasteiger partial charge on any atom is 0.160 e. The molecule has 2 aromatic carbocycles. The molecule has 21 heavy (non-hydrogen) atoms. The second kappa shape index (κ2) is 5.61. The van der Waals surface area contributed by atoms with Crippen molar-refractivity contribution >= 4 is 27.2 Å². The Balaban J connectivity index is 1.91. The number of anilines is 1. The molecule has 0 fully saturated rings. The Kier molecular flexibility index (Phi) is 3.66. The van der Waals surface area contributed by atoms with E-state index in [-0.39, 0.29) is 0 Å². The molecule has 5 heteroatoms. The van der Waals surface area contributed by atoms with E-state index in [9.17, 15) is 0 Å². The summed E-state index contributed by atoms with van der Waals surface area (Å²) in [6.45, 7) is 0. The lowest BCUT2D eigenvalue weighted by Gasteiger charge is -2.08. The molecule has 0 radical (unpaired) electrons. The van der Waals surface area contributed by atoms with Gasteiger partial charge >= 0.3 is 0 Å². The molecule has 0 unspecified atom stereocenters. The van der Waals surface area contributed by atoms with E-state index in [0.29, 0.717) is 0 Å². The van der Waals surface area contributed by atoms with Crippen molar-refractivity contribution < 1.29 is 9.47 Å². The molecule has 0 bridgehead atoms. The molecule has 0 saturated carbocycles. The fourth-order valence-electron chi connectivity index (χ4n) is 2.23. The number of nitrogen functional groups attached to an aromatic ring is 1. The standard InChI is InChI=1S/C16H16N2O2S/c1-19-13-6-3-10(7-14(13)20-2)8-16-18-12-5-4-11(17)9-15(12)21-16/h3-7,9H,8,17H2,1-2H3. The van der Waals surface area contributed by atoms with E-state index in [1.54, 1.807) is 25.6 Å². The molecule has 4 nitrogen and oxygen atoms in total. The highest BCUT2D eigenvalue weighted by atomic mass is 32.1. The van der Waals surface area contributed by atoms with Crippen LogP contribution < -0.4 is 15.2 Å². The number of aromatic nitrogens is 1. The molecule has 1 aromatic heterocycles. The second-order valence-electron chi connectivity index (χ2n) is 4.70. The number of benzene rings is 2. The fourth-order valence-corrected chi connectivity index (χ4v) is 3.28. The average molecular weight is 300 g/mol. The molecule has 0 aliphatic heterocycles. The van der Waals surface area contributed by atoms with Crippen molar-refractivity contribution in [1.82, 2.24) is 4.98 Å². The first-order valence-corrected chi connectivity index (χ1v) is 7.37. The molecule has 0 amide bonds. The van der Waals surface area contributed by atoms with Gasteiger partial charge in [-0.3, -0.25) is 0 Å². The Bertz CT molecular complexity index is 783. The Morgan fingerprint density at radius 2 is 1.86 bits per heavy atom. The van der Waals surface area contributed by atoms with Crippen molar-refractivity contribution in [3.8, 4) is 11.5 Å². The Labute approximate surface area is 127 Å². The molecule has 0 aliphatic carbocycles. The quantitative estimate of drug-likeness (QED) is 0.749. The summed E-state index contributed by atoms with van der Waals surface area (Å²) < 4.78 is 11.7. The molecule has 0 aliphatic rings. The van der Waals surface area contributed by atoms with Gasteiger partial charge < -0.3 is 15.2 Å². The molecule has 0 atom stereocenters. The summed E-state index contributed by atoms with van der Waals surface area (Å²) >= 11 is 1.67. The van der Waals surface area contributed by atoms with Crippen LogP contribution in [0.25, 0.3) is 10.2 Å². The Morgan fingerprint density at radius 1 is 1.05 bits per heavy atom. The number of methoxy groups -OCH3 is 2. The van der Waals surface area contributed by atoms with Crippen LogP contribution in [-0.4, -0.2) is 19.2 Å². The molecular weight excluding hydrogens is 284 g/mol. The first-order valence-electron chi connectivity index (χ1n) is 6.55. The highest BCUT2D eigenvalue weighted by molar-refractivity contribution is 7.18. The van der Waals surface area contributed by atoms with Crippen LogP contribution in [0.3, 0.4) is 0 Å². The van der Waals surface area contributed by atoms with Crippen molar-refractivity contribution in [2.24, 2.45) is 0 Å². The monoisotopic (exact) mass is 300 g/mol. The van der Waals surface area contributed by atoms with E-state index in [0.717, 1.165) is 44.4 Å². The molecular formula is C16H16N2O2S. The minimum absolute atomic E-state index is 0.735. The maximum atomic E-state index is 5.80. The number of rotatable bonds is 4. The summed E-state index contributed by atoms with van der Waals surface area (Å²) in [6.07, 6.45) is 0.763. The lowest BCUT2D eigenvalue weighted by Crippen LogP contribution is -1.93. The molecule has 3 aromatic rings. The Hall–Kier alpha value is -2.27. The van der Waals surface area contributed by atoms with Crippen LogP contribution in [0, 0.1) is 0 Å². The normalized spacial score (nSPS) is 10.8. The number of nitrogens with two attached hydrogens (primary N) is 1. The molecule has 3 rings (SSSR count). The van der Waals surface area contributed by atoms with Gasteiger partial charge in [0.15, 0.2) is 11.5 Å². The van der Waals surface area contributed by atoms with Gasteiger partial charge in [-0.05, 0) is 35.9 Å². The van der Waals surface area contributed by atoms with Gasteiger partial charge in [-0.2, -0.15) is 0 Å². The van der Waals surface area contributed by atoms with Crippen LogP contribution >= 0.6 is 11.3 Å². The zero-order valence-corrected chi connectivity index (χ0v) is 12.7. The first kappa shape index (κ1) is 13.7. The molecule has 108 valence electrons. The zero-order chi connectivity index (χ0) is 14.8. The van der Waals surface area contributed by atoms with Crippen LogP contribution in [0.4, 0.5) is 5.69 Å². The van der Waals surface area contributed by atoms with Crippen molar-refractivity contribution in [1.29, 1.82) is 0 Å². The van der Waals surface area contributed by atoms with Crippen LogP contribution in [-0.2, 0) is 6.42 Å². The van der Waals surface area contributed by atoms with Crippen molar-refractivity contribution in [2.75, 3.05) is 20.0 Å². The van der Waals surface area contributed by atoms with Gasteiger partial charge in [0.25, 0.3) is 0 Å². The fraction of sp³-hybridized carbons (Fsp3) is 0.188. The first-order chi connectivity index (χ1) is 10.2. The average Bonchev–Trinajstić information content (AvgIpc) is 2.88. The van der Waals surface area contributed by atoms with E-state index in [1.807, 2.05) is 36.4 Å². The summed E-state index contributed by atoms with van der Waals surface area (Å²) in [6, 6.07) is 11.7. The largest absolute Gasteiger partial charge is 0.493 e. The number of nitrogens with zero attached hydrogens (tertiary/aromatic N) is 1. The summed E-state index contributed by atoms with van der Waals surface area (Å²) in [5, 5.41) is 1.06. The number of thiazole rings is 1. The van der Waals surface area contributed by atoms with Gasteiger partial charge in [-0.15, -0.1) is 11.3 Å². The third kappa shape index (κ3) is 2.78. The molecule has 0 spiro atoms. The van der Waals surface area contributed by atoms with Gasteiger partial charge in [-0.1, -0.05) is 6.07 Å². The summed E-state index contributed by atoms with van der Waals surface area (Å²) in [7, 11) is 3.28. The lowest BCUT2D eigenvalue weighted by atomic mass is 10.1. The number of fused-ring (bicyclic) bond motifs is 1. The minimum Gasteiger partial charge on any atom is -0.493 e. The van der Waals surface area contributed by atoms with Crippen molar-refractivity contribution in [2.45, 2.75) is 6.42 Å². The van der Waals surface area contributed by atoms with E-state index in [2.05, 4.69) is 4.98 Å². The van der Waals surface area contributed by atoms with E-state index >= 15 is 0 Å². The predicted molar refractivity (Wildman–Crippen MR) is 86.4 cm³/mol. The molecule has 0 saturated heterocycles. The van der Waals surface area contributed by atoms with Crippen LogP contribution in [0.15, 0.2) is 36.4 Å².